The highest BCUT2D eigenvalue weighted by Crippen LogP contribution is 2.34. The van der Waals surface area contributed by atoms with Crippen LogP contribution < -0.4 is 14.8 Å². The standard InChI is InChI=1S/C24H23ClFN3O2/c1-2-30-22-11-17(13-27-14-24-28-20-5-3-4-6-21(20)29-24)19(25)12-23(22)31-15-16-7-9-18(26)10-8-16/h3-12,27H,2,13-15H2,1H3,(H,28,29). The van der Waals surface area contributed by atoms with E-state index in [2.05, 4.69) is 15.3 Å². The van der Waals surface area contributed by atoms with E-state index in [1.807, 2.05) is 37.3 Å². The Labute approximate surface area is 185 Å². The summed E-state index contributed by atoms with van der Waals surface area (Å²) in [6.45, 7) is 3.84. The van der Waals surface area contributed by atoms with Gasteiger partial charge in [-0.3, -0.25) is 0 Å². The molecule has 4 aromatic rings. The summed E-state index contributed by atoms with van der Waals surface area (Å²) in [5.74, 6) is 1.76. The van der Waals surface area contributed by atoms with Crippen molar-refractivity contribution in [1.82, 2.24) is 15.3 Å². The lowest BCUT2D eigenvalue weighted by atomic mass is 10.2. The molecular weight excluding hydrogens is 417 g/mol. The van der Waals surface area contributed by atoms with Crippen molar-refractivity contribution in [3.8, 4) is 11.5 Å². The molecule has 0 amide bonds. The second-order valence-electron chi connectivity index (χ2n) is 7.04. The van der Waals surface area contributed by atoms with E-state index in [1.54, 1.807) is 18.2 Å². The van der Waals surface area contributed by atoms with Crippen LogP contribution in [0.15, 0.2) is 60.7 Å². The van der Waals surface area contributed by atoms with Crippen molar-refractivity contribution in [1.29, 1.82) is 0 Å². The van der Waals surface area contributed by atoms with Gasteiger partial charge in [-0.2, -0.15) is 0 Å². The molecule has 0 spiro atoms. The molecule has 0 saturated carbocycles. The van der Waals surface area contributed by atoms with E-state index in [-0.39, 0.29) is 5.82 Å². The number of aromatic amines is 1. The summed E-state index contributed by atoms with van der Waals surface area (Å²) >= 11 is 6.50. The Kier molecular flexibility index (Phi) is 6.70. The first-order chi connectivity index (χ1) is 15.1. The van der Waals surface area contributed by atoms with Crippen molar-refractivity contribution in [2.45, 2.75) is 26.6 Å². The molecule has 4 rings (SSSR count). The summed E-state index contributed by atoms with van der Waals surface area (Å²) in [6.07, 6.45) is 0. The maximum absolute atomic E-state index is 13.1. The minimum absolute atomic E-state index is 0.277. The number of H-pyrrole nitrogens is 1. The fourth-order valence-corrected chi connectivity index (χ4v) is 3.46. The molecule has 0 aliphatic carbocycles. The van der Waals surface area contributed by atoms with Gasteiger partial charge in [0.15, 0.2) is 11.5 Å². The highest BCUT2D eigenvalue weighted by Gasteiger charge is 2.12. The first-order valence-corrected chi connectivity index (χ1v) is 10.5. The van der Waals surface area contributed by atoms with E-state index in [9.17, 15) is 4.39 Å². The third-order valence-corrected chi connectivity index (χ3v) is 5.12. The first-order valence-electron chi connectivity index (χ1n) is 10.1. The smallest absolute Gasteiger partial charge is 0.163 e. The number of benzene rings is 3. The van der Waals surface area contributed by atoms with Gasteiger partial charge in [0.1, 0.15) is 18.2 Å². The normalized spacial score (nSPS) is 11.1. The van der Waals surface area contributed by atoms with Crippen molar-refractivity contribution in [3.63, 3.8) is 0 Å². The van der Waals surface area contributed by atoms with Gasteiger partial charge in [0.25, 0.3) is 0 Å². The lowest BCUT2D eigenvalue weighted by Gasteiger charge is -2.15. The largest absolute Gasteiger partial charge is 0.490 e. The number of aromatic nitrogens is 2. The number of fused-ring (bicyclic) bond motifs is 1. The maximum Gasteiger partial charge on any atom is 0.163 e. The molecule has 0 unspecified atom stereocenters. The third-order valence-electron chi connectivity index (χ3n) is 4.77. The van der Waals surface area contributed by atoms with Crippen LogP contribution in [0, 0.1) is 5.82 Å². The minimum atomic E-state index is -0.277. The molecule has 0 fully saturated rings. The van der Waals surface area contributed by atoms with E-state index < -0.39 is 0 Å². The molecule has 1 heterocycles. The molecule has 160 valence electrons. The zero-order valence-corrected chi connectivity index (χ0v) is 17.9. The number of hydrogen-bond acceptors (Lipinski definition) is 4. The molecule has 0 saturated heterocycles. The second kappa shape index (κ2) is 9.81. The third kappa shape index (κ3) is 5.34. The number of nitrogens with one attached hydrogen (secondary N) is 2. The van der Waals surface area contributed by atoms with Gasteiger partial charge in [0, 0.05) is 17.6 Å². The predicted molar refractivity (Wildman–Crippen MR) is 120 cm³/mol. The van der Waals surface area contributed by atoms with E-state index >= 15 is 0 Å². The van der Waals surface area contributed by atoms with E-state index in [0.717, 1.165) is 28.0 Å². The number of halogens is 2. The zero-order valence-electron chi connectivity index (χ0n) is 17.1. The quantitative estimate of drug-likeness (QED) is 0.355. The molecule has 0 aliphatic heterocycles. The Balaban J connectivity index is 1.42. The van der Waals surface area contributed by atoms with Crippen molar-refractivity contribution < 1.29 is 13.9 Å². The van der Waals surface area contributed by atoms with Gasteiger partial charge in [-0.1, -0.05) is 35.9 Å². The Morgan fingerprint density at radius 3 is 2.55 bits per heavy atom. The van der Waals surface area contributed by atoms with Crippen molar-refractivity contribution in [2.75, 3.05) is 6.61 Å². The van der Waals surface area contributed by atoms with Crippen LogP contribution in [-0.2, 0) is 19.7 Å². The van der Waals surface area contributed by atoms with Gasteiger partial charge in [0.05, 0.1) is 24.2 Å². The summed E-state index contributed by atoms with van der Waals surface area (Å²) in [5.41, 5.74) is 3.71. The molecule has 2 N–H and O–H groups in total. The van der Waals surface area contributed by atoms with Gasteiger partial charge in [-0.05, 0) is 48.4 Å². The van der Waals surface area contributed by atoms with Crippen LogP contribution in [0.5, 0.6) is 11.5 Å². The van der Waals surface area contributed by atoms with Crippen LogP contribution in [-0.4, -0.2) is 16.6 Å². The van der Waals surface area contributed by atoms with E-state index in [0.29, 0.717) is 42.8 Å². The van der Waals surface area contributed by atoms with Crippen LogP contribution in [0.4, 0.5) is 4.39 Å². The zero-order chi connectivity index (χ0) is 21.6. The van der Waals surface area contributed by atoms with Crippen molar-refractivity contribution in [3.05, 3.63) is 88.5 Å². The van der Waals surface area contributed by atoms with Gasteiger partial charge in [0.2, 0.25) is 0 Å². The fourth-order valence-electron chi connectivity index (χ4n) is 3.24. The van der Waals surface area contributed by atoms with Crippen molar-refractivity contribution >= 4 is 22.6 Å². The summed E-state index contributed by atoms with van der Waals surface area (Å²) in [7, 11) is 0. The molecule has 1 aromatic heterocycles. The van der Waals surface area contributed by atoms with Gasteiger partial charge >= 0.3 is 0 Å². The Morgan fingerprint density at radius 1 is 1.00 bits per heavy atom. The molecule has 0 bridgehead atoms. The van der Waals surface area contributed by atoms with Crippen LogP contribution in [0.2, 0.25) is 5.02 Å². The predicted octanol–water partition coefficient (Wildman–Crippen LogP) is 5.62. The van der Waals surface area contributed by atoms with Crippen LogP contribution in [0.1, 0.15) is 23.9 Å². The number of nitrogens with zero attached hydrogens (tertiary/aromatic N) is 1. The molecule has 7 heteroatoms. The van der Waals surface area contributed by atoms with E-state index in [1.165, 1.54) is 12.1 Å². The Morgan fingerprint density at radius 2 is 1.77 bits per heavy atom. The maximum atomic E-state index is 13.1. The summed E-state index contributed by atoms with van der Waals surface area (Å²) in [5, 5.41) is 3.94. The monoisotopic (exact) mass is 439 g/mol. The number of ether oxygens (including phenoxy) is 2. The molecule has 3 aromatic carbocycles. The van der Waals surface area contributed by atoms with Gasteiger partial charge < -0.3 is 19.8 Å². The molecule has 0 atom stereocenters. The molecule has 0 radical (unpaired) electrons. The highest BCUT2D eigenvalue weighted by molar-refractivity contribution is 6.31. The SMILES string of the molecule is CCOc1cc(CNCc2nc3ccccc3[nH]2)c(Cl)cc1OCc1ccc(F)cc1. The number of para-hydroxylation sites is 2. The fraction of sp³-hybridized carbons (Fsp3) is 0.208. The number of imidazole rings is 1. The second-order valence-corrected chi connectivity index (χ2v) is 7.45. The number of rotatable bonds is 9. The lowest BCUT2D eigenvalue weighted by Crippen LogP contribution is -2.14. The minimum Gasteiger partial charge on any atom is -0.490 e. The summed E-state index contributed by atoms with van der Waals surface area (Å²) < 4.78 is 24.7. The summed E-state index contributed by atoms with van der Waals surface area (Å²) in [6, 6.07) is 17.8. The van der Waals surface area contributed by atoms with Crippen LogP contribution in [0.3, 0.4) is 0 Å². The Bertz CT molecular complexity index is 1130. The average molecular weight is 440 g/mol. The van der Waals surface area contributed by atoms with Crippen molar-refractivity contribution in [2.24, 2.45) is 0 Å². The van der Waals surface area contributed by atoms with Gasteiger partial charge in [-0.25, -0.2) is 9.37 Å². The average Bonchev–Trinajstić information content (AvgIpc) is 3.19. The molecule has 5 nitrogen and oxygen atoms in total. The molecule has 0 aliphatic rings. The highest BCUT2D eigenvalue weighted by atomic mass is 35.5. The summed E-state index contributed by atoms with van der Waals surface area (Å²) in [4.78, 5) is 7.87. The van der Waals surface area contributed by atoms with E-state index in [4.69, 9.17) is 21.1 Å². The topological polar surface area (TPSA) is 59.2 Å². The number of hydrogen-bond donors (Lipinski definition) is 2. The first kappa shape index (κ1) is 21.2. The lowest BCUT2D eigenvalue weighted by molar-refractivity contribution is 0.269. The Hall–Kier alpha value is -3.09. The van der Waals surface area contributed by atoms with Crippen LogP contribution in [0.25, 0.3) is 11.0 Å². The van der Waals surface area contributed by atoms with Gasteiger partial charge in [-0.15, -0.1) is 0 Å². The molecular formula is C24H23ClFN3O2. The van der Waals surface area contributed by atoms with Crippen LogP contribution >= 0.6 is 11.6 Å². The molecule has 31 heavy (non-hydrogen) atoms.